The highest BCUT2D eigenvalue weighted by Gasteiger charge is 2.33. The molecule has 10 nitrogen and oxygen atoms in total. The molecule has 2 aliphatic heterocycles. The summed E-state index contributed by atoms with van der Waals surface area (Å²) >= 11 is 6.96. The Hall–Kier alpha value is -4.64. The lowest BCUT2D eigenvalue weighted by Gasteiger charge is -2.33. The Bertz CT molecular complexity index is 2060. The van der Waals surface area contributed by atoms with Crippen molar-refractivity contribution in [2.45, 2.75) is 89.4 Å². The number of nitrogens with zero attached hydrogens (tertiary/aromatic N) is 4. The Kier molecular flexibility index (Phi) is 9.55. The number of piperidine rings is 1. The lowest BCUT2D eigenvalue weighted by molar-refractivity contribution is -0.144. The zero-order valence-electron chi connectivity index (χ0n) is 29.3. The van der Waals surface area contributed by atoms with Gasteiger partial charge in [0.05, 0.1) is 10.7 Å². The molecule has 0 bridgehead atoms. The van der Waals surface area contributed by atoms with Crippen molar-refractivity contribution in [3.8, 4) is 11.1 Å². The summed E-state index contributed by atoms with van der Waals surface area (Å²) in [5.41, 5.74) is 8.60. The third kappa shape index (κ3) is 7.20. The largest absolute Gasteiger partial charge is 0.480 e. The molecule has 2 amide bonds. The molecule has 3 N–H and O–H groups in total. The number of rotatable bonds is 10. The number of benzene rings is 2. The standard InChI is InChI=1S/C41H43ClN6O4/c1-24-30(31-7-5-9-34(38(31)42)46-39(49)35-18-26-15-17-47(29-13-14-29)22-27(26)20-43-35)6-4-8-33(24)45-40(50)36-19-32(25-11-12-25)28(21-44-36)23-48-16-3-2-10-37(48)41(51)52/h4-9,18-21,25,29,37H,2-3,10-17,22-23H2,1H3,(H,45,50)(H,46,49)(H,51,52)/t37-/m0/s1. The molecule has 0 radical (unpaired) electrons. The van der Waals surface area contributed by atoms with E-state index in [1.165, 1.54) is 24.0 Å². The van der Waals surface area contributed by atoms with Gasteiger partial charge in [0.2, 0.25) is 0 Å². The SMILES string of the molecule is Cc1c(NC(=O)c2cc(C3CC3)c(CN3CCCC[C@H]3C(=O)O)cn2)cccc1-c1cccc(NC(=O)c2cc3c(cn2)CN(C2CC2)CC3)c1Cl. The number of nitrogens with one attached hydrogen (secondary N) is 2. The molecule has 2 aromatic heterocycles. The van der Waals surface area contributed by atoms with Crippen LogP contribution in [0.4, 0.5) is 11.4 Å². The molecule has 1 atom stereocenters. The molecule has 2 aromatic carbocycles. The number of carboxylic acid groups (broad SMARTS) is 1. The van der Waals surface area contributed by atoms with Crippen LogP contribution in [-0.4, -0.2) is 67.8 Å². The topological polar surface area (TPSA) is 128 Å². The number of hydrogen-bond acceptors (Lipinski definition) is 7. The van der Waals surface area contributed by atoms with Crippen LogP contribution in [-0.2, 0) is 24.3 Å². The molecule has 4 heterocycles. The predicted octanol–water partition coefficient (Wildman–Crippen LogP) is 7.45. The van der Waals surface area contributed by atoms with Crippen molar-refractivity contribution < 1.29 is 19.5 Å². The van der Waals surface area contributed by atoms with E-state index in [9.17, 15) is 19.5 Å². The highest BCUT2D eigenvalue weighted by atomic mass is 35.5. The molecule has 0 unspecified atom stereocenters. The Morgan fingerprint density at radius 2 is 1.56 bits per heavy atom. The van der Waals surface area contributed by atoms with Crippen molar-refractivity contribution in [2.24, 2.45) is 0 Å². The van der Waals surface area contributed by atoms with Gasteiger partial charge in [-0.3, -0.25) is 34.2 Å². The summed E-state index contributed by atoms with van der Waals surface area (Å²) in [4.78, 5) is 52.5. The zero-order chi connectivity index (χ0) is 35.9. The highest BCUT2D eigenvalue weighted by molar-refractivity contribution is 6.36. The fourth-order valence-corrected chi connectivity index (χ4v) is 8.09. The molecule has 52 heavy (non-hydrogen) atoms. The van der Waals surface area contributed by atoms with E-state index in [4.69, 9.17) is 11.6 Å². The van der Waals surface area contributed by atoms with Crippen LogP contribution in [0, 0.1) is 6.92 Å². The minimum atomic E-state index is -0.783. The number of fused-ring (bicyclic) bond motifs is 1. The monoisotopic (exact) mass is 718 g/mol. The lowest BCUT2D eigenvalue weighted by Crippen LogP contribution is -2.44. The van der Waals surface area contributed by atoms with Crippen molar-refractivity contribution >= 4 is 40.8 Å². The number of amides is 2. The van der Waals surface area contributed by atoms with Crippen LogP contribution in [0.3, 0.4) is 0 Å². The summed E-state index contributed by atoms with van der Waals surface area (Å²) in [7, 11) is 0. The van der Waals surface area contributed by atoms with Gasteiger partial charge in [-0.25, -0.2) is 0 Å². The van der Waals surface area contributed by atoms with Gasteiger partial charge in [0, 0.05) is 49.3 Å². The average molecular weight is 719 g/mol. The van der Waals surface area contributed by atoms with E-state index in [0.717, 1.165) is 79.6 Å². The van der Waals surface area contributed by atoms with Gasteiger partial charge in [-0.05, 0) is 122 Å². The summed E-state index contributed by atoms with van der Waals surface area (Å²) in [6.45, 7) is 5.08. The van der Waals surface area contributed by atoms with E-state index >= 15 is 0 Å². The number of likely N-dealkylation sites (tertiary alicyclic amines) is 1. The predicted molar refractivity (Wildman–Crippen MR) is 201 cm³/mol. The third-order valence-corrected chi connectivity index (χ3v) is 11.5. The smallest absolute Gasteiger partial charge is 0.320 e. The molecular weight excluding hydrogens is 676 g/mol. The van der Waals surface area contributed by atoms with Gasteiger partial charge in [-0.15, -0.1) is 0 Å². The number of halogens is 1. The first-order chi connectivity index (χ1) is 25.2. The Balaban J connectivity index is 0.977. The summed E-state index contributed by atoms with van der Waals surface area (Å²) in [6, 6.07) is 15.2. The third-order valence-electron chi connectivity index (χ3n) is 11.1. The second kappa shape index (κ2) is 14.4. The van der Waals surface area contributed by atoms with Gasteiger partial charge in [0.15, 0.2) is 0 Å². The van der Waals surface area contributed by atoms with E-state index < -0.39 is 12.0 Å². The number of aliphatic carboxylic acids is 1. The van der Waals surface area contributed by atoms with Crippen LogP contribution >= 0.6 is 11.6 Å². The van der Waals surface area contributed by atoms with Gasteiger partial charge in [0.25, 0.3) is 11.8 Å². The maximum absolute atomic E-state index is 13.6. The van der Waals surface area contributed by atoms with Crippen LogP contribution in [0.1, 0.15) is 99.7 Å². The first-order valence-corrected chi connectivity index (χ1v) is 18.8. The van der Waals surface area contributed by atoms with Crippen LogP contribution in [0.15, 0.2) is 60.9 Å². The highest BCUT2D eigenvalue weighted by Crippen LogP contribution is 2.43. The van der Waals surface area contributed by atoms with E-state index in [0.29, 0.717) is 52.7 Å². The minimum Gasteiger partial charge on any atom is -0.480 e. The molecule has 3 fully saturated rings. The van der Waals surface area contributed by atoms with Crippen molar-refractivity contribution in [3.05, 3.63) is 105 Å². The molecule has 4 aliphatic rings. The summed E-state index contributed by atoms with van der Waals surface area (Å²) in [5.74, 6) is -1.06. The van der Waals surface area contributed by atoms with Gasteiger partial charge in [0.1, 0.15) is 17.4 Å². The molecule has 1 saturated heterocycles. The number of carbonyl (C=O) groups excluding carboxylic acids is 2. The Morgan fingerprint density at radius 3 is 2.31 bits per heavy atom. The quantitative estimate of drug-likeness (QED) is 0.154. The molecule has 4 aromatic rings. The molecule has 11 heteroatoms. The van der Waals surface area contributed by atoms with Gasteiger partial charge in [-0.2, -0.15) is 0 Å². The summed E-state index contributed by atoms with van der Waals surface area (Å²) < 4.78 is 0. The second-order valence-electron chi connectivity index (χ2n) is 14.7. The molecule has 0 spiro atoms. The van der Waals surface area contributed by atoms with E-state index in [-0.39, 0.29) is 11.8 Å². The number of carboxylic acids is 1. The zero-order valence-corrected chi connectivity index (χ0v) is 30.1. The number of carbonyl (C=O) groups is 3. The summed E-state index contributed by atoms with van der Waals surface area (Å²) in [6.07, 6.45) is 11.7. The maximum Gasteiger partial charge on any atom is 0.320 e. The van der Waals surface area contributed by atoms with Crippen molar-refractivity contribution in [1.29, 1.82) is 0 Å². The number of pyridine rings is 2. The van der Waals surface area contributed by atoms with E-state index in [2.05, 4.69) is 25.5 Å². The summed E-state index contributed by atoms with van der Waals surface area (Å²) in [5, 5.41) is 16.2. The van der Waals surface area contributed by atoms with Gasteiger partial charge >= 0.3 is 5.97 Å². The van der Waals surface area contributed by atoms with Gasteiger partial charge in [-0.1, -0.05) is 42.3 Å². The van der Waals surface area contributed by atoms with Crippen molar-refractivity contribution in [1.82, 2.24) is 19.8 Å². The molecule has 268 valence electrons. The van der Waals surface area contributed by atoms with E-state index in [1.807, 2.05) is 60.5 Å². The molecular formula is C41H43ClN6O4. The molecule has 2 aliphatic carbocycles. The first-order valence-electron chi connectivity index (χ1n) is 18.4. The minimum absolute atomic E-state index is 0.314. The van der Waals surface area contributed by atoms with E-state index in [1.54, 1.807) is 12.3 Å². The van der Waals surface area contributed by atoms with Crippen LogP contribution < -0.4 is 10.6 Å². The number of hydrogen-bond donors (Lipinski definition) is 3. The van der Waals surface area contributed by atoms with Gasteiger partial charge < -0.3 is 15.7 Å². The van der Waals surface area contributed by atoms with Crippen LogP contribution in [0.5, 0.6) is 0 Å². The number of aromatic nitrogens is 2. The Labute approximate surface area is 308 Å². The maximum atomic E-state index is 13.6. The molecule has 2 saturated carbocycles. The van der Waals surface area contributed by atoms with Crippen molar-refractivity contribution in [3.63, 3.8) is 0 Å². The fourth-order valence-electron chi connectivity index (χ4n) is 7.82. The van der Waals surface area contributed by atoms with Crippen molar-refractivity contribution in [2.75, 3.05) is 23.7 Å². The van der Waals surface area contributed by atoms with Crippen LogP contribution in [0.2, 0.25) is 5.02 Å². The first kappa shape index (κ1) is 34.4. The second-order valence-corrected chi connectivity index (χ2v) is 15.1. The molecule has 8 rings (SSSR count). The number of anilines is 2. The fraction of sp³-hybridized carbons (Fsp3) is 0.390. The lowest BCUT2D eigenvalue weighted by atomic mass is 9.98. The normalized spacial score (nSPS) is 19.2. The van der Waals surface area contributed by atoms with Crippen LogP contribution in [0.25, 0.3) is 11.1 Å². The Morgan fingerprint density at radius 1 is 0.846 bits per heavy atom. The average Bonchev–Trinajstić information content (AvgIpc) is 4.08.